The molecule has 0 bridgehead atoms. The minimum absolute atomic E-state index is 0.137. The van der Waals surface area contributed by atoms with Crippen LogP contribution in [0.1, 0.15) is 16.7 Å². The molecule has 0 atom stereocenters. The smallest absolute Gasteiger partial charge is 0.248 e. The van der Waals surface area contributed by atoms with Crippen LogP contribution in [0.3, 0.4) is 0 Å². The molecule has 6 nitrogen and oxygen atoms in total. The van der Waals surface area contributed by atoms with Crippen molar-refractivity contribution in [2.24, 2.45) is 0 Å². The minimum Gasteiger partial charge on any atom is -0.506 e. The van der Waals surface area contributed by atoms with Crippen LogP contribution < -0.4 is 19.5 Å². The summed E-state index contributed by atoms with van der Waals surface area (Å²) in [6, 6.07) is 11.6. The van der Waals surface area contributed by atoms with E-state index in [1.165, 1.54) is 39.5 Å². The first-order chi connectivity index (χ1) is 16.3. The molecule has 0 radical (unpaired) electrons. The third kappa shape index (κ3) is 5.92. The van der Waals surface area contributed by atoms with Gasteiger partial charge in [0.2, 0.25) is 11.7 Å². The number of phenolic OH excluding ortho intramolecular Hbond substituents is 1. The summed E-state index contributed by atoms with van der Waals surface area (Å²) in [5, 5.41) is 12.8. The van der Waals surface area contributed by atoms with Crippen LogP contribution in [0.15, 0.2) is 54.6 Å². The number of hydrogen-bond donors (Lipinski definition) is 2. The van der Waals surface area contributed by atoms with Crippen molar-refractivity contribution < 1.29 is 32.9 Å². The van der Waals surface area contributed by atoms with Crippen LogP contribution >= 0.6 is 0 Å². The lowest BCUT2D eigenvalue weighted by Crippen LogP contribution is -2.07. The zero-order valence-electron chi connectivity index (χ0n) is 18.8. The normalized spacial score (nSPS) is 11.1. The lowest BCUT2D eigenvalue weighted by atomic mass is 10.1. The molecular weight excluding hydrogens is 444 g/mol. The number of amides is 1. The molecular formula is C26H23F2NO5. The molecule has 0 aliphatic carbocycles. The van der Waals surface area contributed by atoms with Crippen LogP contribution in [0.2, 0.25) is 0 Å². The maximum Gasteiger partial charge on any atom is 0.248 e. The second-order valence-electron chi connectivity index (χ2n) is 7.06. The molecule has 2 N–H and O–H groups in total. The van der Waals surface area contributed by atoms with Gasteiger partial charge in [0.15, 0.2) is 23.1 Å². The van der Waals surface area contributed by atoms with Crippen molar-refractivity contribution in [2.75, 3.05) is 26.6 Å². The van der Waals surface area contributed by atoms with Gasteiger partial charge in [-0.25, -0.2) is 8.78 Å². The molecule has 3 rings (SSSR count). The van der Waals surface area contributed by atoms with Crippen molar-refractivity contribution in [3.8, 4) is 23.0 Å². The first-order valence-corrected chi connectivity index (χ1v) is 10.1. The van der Waals surface area contributed by atoms with E-state index in [1.54, 1.807) is 30.3 Å². The van der Waals surface area contributed by atoms with Crippen LogP contribution in [0.4, 0.5) is 14.5 Å². The first kappa shape index (κ1) is 24.3. The minimum atomic E-state index is -1.00. The third-order valence-electron chi connectivity index (χ3n) is 4.81. The van der Waals surface area contributed by atoms with Crippen molar-refractivity contribution in [1.29, 1.82) is 0 Å². The maximum atomic E-state index is 13.3. The lowest BCUT2D eigenvalue weighted by molar-refractivity contribution is -0.111. The van der Waals surface area contributed by atoms with E-state index >= 15 is 0 Å². The fourth-order valence-corrected chi connectivity index (χ4v) is 3.11. The highest BCUT2D eigenvalue weighted by molar-refractivity contribution is 6.02. The summed E-state index contributed by atoms with van der Waals surface area (Å²) < 4.78 is 42.2. The van der Waals surface area contributed by atoms with Crippen molar-refractivity contribution in [1.82, 2.24) is 0 Å². The number of carbonyl (C=O) groups is 1. The van der Waals surface area contributed by atoms with Gasteiger partial charge in [0.05, 0.1) is 27.0 Å². The van der Waals surface area contributed by atoms with Gasteiger partial charge < -0.3 is 24.6 Å². The van der Waals surface area contributed by atoms with E-state index in [-0.39, 0.29) is 11.4 Å². The van der Waals surface area contributed by atoms with Gasteiger partial charge in [-0.3, -0.25) is 4.79 Å². The van der Waals surface area contributed by atoms with Crippen LogP contribution in [0.5, 0.6) is 23.0 Å². The van der Waals surface area contributed by atoms with Crippen LogP contribution in [-0.4, -0.2) is 32.3 Å². The molecule has 0 aromatic heterocycles. The molecule has 0 unspecified atom stereocenters. The largest absolute Gasteiger partial charge is 0.506 e. The Kier molecular flexibility index (Phi) is 7.87. The van der Waals surface area contributed by atoms with E-state index in [2.05, 4.69) is 5.32 Å². The summed E-state index contributed by atoms with van der Waals surface area (Å²) in [4.78, 5) is 12.1. The summed E-state index contributed by atoms with van der Waals surface area (Å²) in [7, 11) is 4.59. The van der Waals surface area contributed by atoms with Gasteiger partial charge in [0.1, 0.15) is 5.75 Å². The molecule has 0 fully saturated rings. The number of carbonyl (C=O) groups excluding carboxylic acids is 1. The fraction of sp³-hybridized carbons (Fsp3) is 0.115. The van der Waals surface area contributed by atoms with Gasteiger partial charge in [-0.2, -0.15) is 0 Å². The Hall–Kier alpha value is -4.33. The monoisotopic (exact) mass is 467 g/mol. The van der Waals surface area contributed by atoms with Gasteiger partial charge in [-0.15, -0.1) is 0 Å². The zero-order valence-corrected chi connectivity index (χ0v) is 18.8. The topological polar surface area (TPSA) is 77.0 Å². The predicted octanol–water partition coefficient (Wildman–Crippen LogP) is 5.52. The Labute approximate surface area is 195 Å². The Balaban J connectivity index is 1.71. The van der Waals surface area contributed by atoms with Gasteiger partial charge in [0, 0.05) is 6.08 Å². The summed E-state index contributed by atoms with van der Waals surface area (Å²) in [6.07, 6.45) is 6.07. The third-order valence-corrected chi connectivity index (χ3v) is 4.81. The number of phenols is 1. The SMILES string of the molecule is COc1cc(/C=C/c2ccc(NC(=O)/C=C/c3ccc(F)c(F)c3)c(O)c2)cc(OC)c1OC. The number of anilines is 1. The van der Waals surface area contributed by atoms with E-state index < -0.39 is 17.5 Å². The van der Waals surface area contributed by atoms with E-state index in [0.29, 0.717) is 28.4 Å². The summed E-state index contributed by atoms with van der Waals surface area (Å²) >= 11 is 0. The summed E-state index contributed by atoms with van der Waals surface area (Å²) in [5.74, 6) is -1.14. The molecule has 0 aliphatic rings. The molecule has 3 aromatic rings. The first-order valence-electron chi connectivity index (χ1n) is 10.1. The highest BCUT2D eigenvalue weighted by Crippen LogP contribution is 2.38. The molecule has 176 valence electrons. The van der Waals surface area contributed by atoms with Crippen molar-refractivity contribution >= 4 is 29.8 Å². The quantitative estimate of drug-likeness (QED) is 0.259. The van der Waals surface area contributed by atoms with Gasteiger partial charge in [-0.1, -0.05) is 24.3 Å². The number of benzene rings is 3. The molecule has 0 heterocycles. The molecule has 34 heavy (non-hydrogen) atoms. The standard InChI is InChI=1S/C26H23F2NO5/c1-32-23-14-18(15-24(33-2)26(23)34-3)5-4-17-7-10-21(22(30)13-17)29-25(31)11-8-16-6-9-19(27)20(28)12-16/h4-15,30H,1-3H3,(H,29,31)/b5-4+,11-8+. The molecule has 0 spiro atoms. The van der Waals surface area contributed by atoms with Crippen molar-refractivity contribution in [3.63, 3.8) is 0 Å². The number of ether oxygens (including phenoxy) is 3. The van der Waals surface area contributed by atoms with Crippen molar-refractivity contribution in [3.05, 3.63) is 82.9 Å². The van der Waals surface area contributed by atoms with E-state index in [1.807, 2.05) is 6.08 Å². The van der Waals surface area contributed by atoms with E-state index in [9.17, 15) is 18.7 Å². The fourth-order valence-electron chi connectivity index (χ4n) is 3.11. The predicted molar refractivity (Wildman–Crippen MR) is 127 cm³/mol. The zero-order chi connectivity index (χ0) is 24.7. The number of nitrogens with one attached hydrogen (secondary N) is 1. The molecule has 1 amide bonds. The Morgan fingerprint density at radius 1 is 0.794 bits per heavy atom. The second-order valence-corrected chi connectivity index (χ2v) is 7.06. The van der Waals surface area contributed by atoms with Crippen molar-refractivity contribution in [2.45, 2.75) is 0 Å². The summed E-state index contributed by atoms with van der Waals surface area (Å²) in [5.41, 5.74) is 1.99. The Bertz CT molecular complexity index is 1230. The van der Waals surface area contributed by atoms with Gasteiger partial charge in [-0.05, 0) is 59.2 Å². The second kappa shape index (κ2) is 11.0. The molecule has 3 aromatic carbocycles. The van der Waals surface area contributed by atoms with Crippen LogP contribution in [0, 0.1) is 11.6 Å². The average molecular weight is 467 g/mol. The molecule has 0 aliphatic heterocycles. The average Bonchev–Trinajstić information content (AvgIpc) is 2.84. The number of aromatic hydroxyl groups is 1. The van der Waals surface area contributed by atoms with E-state index in [0.717, 1.165) is 23.8 Å². The van der Waals surface area contributed by atoms with Crippen LogP contribution in [-0.2, 0) is 4.79 Å². The Morgan fingerprint density at radius 2 is 1.41 bits per heavy atom. The number of rotatable bonds is 8. The van der Waals surface area contributed by atoms with Gasteiger partial charge >= 0.3 is 0 Å². The number of halogens is 2. The summed E-state index contributed by atoms with van der Waals surface area (Å²) in [6.45, 7) is 0. The highest BCUT2D eigenvalue weighted by atomic mass is 19.2. The number of hydrogen-bond acceptors (Lipinski definition) is 5. The maximum absolute atomic E-state index is 13.3. The molecule has 0 saturated heterocycles. The van der Waals surface area contributed by atoms with Gasteiger partial charge in [0.25, 0.3) is 0 Å². The highest BCUT2D eigenvalue weighted by Gasteiger charge is 2.12. The lowest BCUT2D eigenvalue weighted by Gasteiger charge is -2.12. The number of methoxy groups -OCH3 is 3. The van der Waals surface area contributed by atoms with Crippen LogP contribution in [0.25, 0.3) is 18.2 Å². The molecule has 8 heteroatoms. The van der Waals surface area contributed by atoms with E-state index in [4.69, 9.17) is 14.2 Å². The molecule has 0 saturated carbocycles. The Morgan fingerprint density at radius 3 is 2.00 bits per heavy atom.